The topological polar surface area (TPSA) is 117 Å². The quantitative estimate of drug-likeness (QED) is 0.129. The van der Waals surface area contributed by atoms with Gasteiger partial charge in [0.2, 0.25) is 18.4 Å². The third-order valence-electron chi connectivity index (χ3n) is 2.38. The van der Waals surface area contributed by atoms with Crippen LogP contribution in [0.15, 0.2) is 23.5 Å². The predicted octanol–water partition coefficient (Wildman–Crippen LogP) is 4.69. The second-order valence-electron chi connectivity index (χ2n) is 6.07. The average Bonchev–Trinajstić information content (AvgIpc) is 3.04. The molecule has 1 rings (SSSR count). The average molecular weight is 477 g/mol. The van der Waals surface area contributed by atoms with Crippen molar-refractivity contribution in [3.05, 3.63) is 40.4 Å². The molecule has 0 spiro atoms. The predicted molar refractivity (Wildman–Crippen MR) is 148 cm³/mol. The first kappa shape index (κ1) is 32.4. The number of aromatic nitrogens is 2. The van der Waals surface area contributed by atoms with Gasteiger partial charge in [-0.05, 0) is 104 Å². The highest BCUT2D eigenvalue weighted by Gasteiger charge is 2.16. The van der Waals surface area contributed by atoms with Crippen LogP contribution in [-0.2, 0) is 15.9 Å². The van der Waals surface area contributed by atoms with Gasteiger partial charge < -0.3 is 8.89 Å². The first-order valence-corrected chi connectivity index (χ1v) is 12.7. The second kappa shape index (κ2) is 21.5. The van der Waals surface area contributed by atoms with Gasteiger partial charge in [0.25, 0.3) is 0 Å². The maximum absolute atomic E-state index is 8.28. The standard InChI is InChI=1S/C11H19N3OSi.C11H4.HN3.H2OSi.7H2/c1-9-7-11(14(3)13-9)8-12-10(2)15-16(4,5)6;1-3-5-7-9-11-10-8-6-4-2;1-3-2;1-2;;;;;;;/h7-8H,2H2,1,3-6H3;1H,2H3;1H;2H2;7*1H. The fraction of sp³-hybridized carbons (Fsp3) is 0.273. The van der Waals surface area contributed by atoms with E-state index in [1.54, 1.807) is 22.7 Å². The third kappa shape index (κ3) is 23.8. The van der Waals surface area contributed by atoms with Gasteiger partial charge in [-0.25, -0.2) is 4.99 Å². The van der Waals surface area contributed by atoms with Gasteiger partial charge in [0.1, 0.15) is 0 Å². The van der Waals surface area contributed by atoms with Crippen LogP contribution in [0.1, 0.15) is 28.3 Å². The Kier molecular flexibility index (Phi) is 21.8. The van der Waals surface area contributed by atoms with Crippen LogP contribution in [-0.4, -0.2) is 34.4 Å². The first-order valence-electron chi connectivity index (χ1n) is 8.71. The van der Waals surface area contributed by atoms with E-state index in [0.717, 1.165) is 11.4 Å². The summed E-state index contributed by atoms with van der Waals surface area (Å²) in [5.74, 6) is 22.4. The lowest BCUT2D eigenvalue weighted by atomic mass is 10.4. The van der Waals surface area contributed by atoms with Crippen molar-refractivity contribution < 1.29 is 18.9 Å². The van der Waals surface area contributed by atoms with Gasteiger partial charge >= 0.3 is 0 Å². The van der Waals surface area contributed by atoms with Crippen molar-refractivity contribution in [2.75, 3.05) is 0 Å². The fourth-order valence-electron chi connectivity index (χ4n) is 1.52. The van der Waals surface area contributed by atoms with Crippen molar-refractivity contribution in [2.24, 2.45) is 12.0 Å². The van der Waals surface area contributed by atoms with Crippen molar-refractivity contribution in [2.45, 2.75) is 33.5 Å². The molecule has 0 unspecified atom stereocenters. The lowest BCUT2D eigenvalue weighted by Gasteiger charge is -2.17. The first-order chi connectivity index (χ1) is 15.1. The molecule has 0 fully saturated rings. The van der Waals surface area contributed by atoms with Gasteiger partial charge in [-0.1, -0.05) is 5.92 Å². The lowest BCUT2D eigenvalue weighted by Crippen LogP contribution is -2.24. The molecule has 0 amide bonds. The van der Waals surface area contributed by atoms with Crippen LogP contribution in [0, 0.1) is 72.2 Å². The Labute approximate surface area is 205 Å². The number of aliphatic imine (C=N–C) groups is 1. The molecule has 0 atom stereocenters. The highest BCUT2D eigenvalue weighted by molar-refractivity contribution is 6.70. The van der Waals surface area contributed by atoms with Crippen LogP contribution in [0.2, 0.25) is 19.6 Å². The number of hydrogen-bond acceptors (Lipinski definition) is 5. The Hall–Kier alpha value is -4.24. The van der Waals surface area contributed by atoms with Crippen LogP contribution < -0.4 is 0 Å². The summed E-state index contributed by atoms with van der Waals surface area (Å²) in [6, 6.07) is 1.96. The Morgan fingerprint density at radius 3 is 2.16 bits per heavy atom. The minimum Gasteiger partial charge on any atom is -0.532 e. The molecule has 32 heavy (non-hydrogen) atoms. The summed E-state index contributed by atoms with van der Waals surface area (Å²) in [6.45, 7) is 13.7. The second-order valence-corrected chi connectivity index (χ2v) is 10.5. The molecule has 8 nitrogen and oxygen atoms in total. The third-order valence-corrected chi connectivity index (χ3v) is 3.22. The molecular formula is C22H40N6O2Si2. The SMILES string of the molecule is C#CC#CC#CC#CC#CC.C=C(N=Cc1cc(C)nn1C)O[Si](C)(C)C.O=[SiH2].[HH].[HH].[HH].[HH].[HH].[HH].[HH].[N-]=[N+]=N. The molecule has 0 aromatic carbocycles. The van der Waals surface area contributed by atoms with Gasteiger partial charge in [0.15, 0.2) is 5.88 Å². The summed E-state index contributed by atoms with van der Waals surface area (Å²) in [5, 5.41) is 4.23. The van der Waals surface area contributed by atoms with Crippen molar-refractivity contribution in [1.82, 2.24) is 9.78 Å². The van der Waals surface area contributed by atoms with Crippen molar-refractivity contribution in [3.63, 3.8) is 0 Å². The van der Waals surface area contributed by atoms with Gasteiger partial charge in [0.05, 0.1) is 17.6 Å². The molecule has 0 saturated carbocycles. The van der Waals surface area contributed by atoms with Crippen LogP contribution in [0.4, 0.5) is 0 Å². The number of aryl methyl sites for hydroxylation is 2. The zero-order chi connectivity index (χ0) is 25.4. The molecule has 1 heterocycles. The molecule has 1 N–H and O–H groups in total. The number of terminal acetylenes is 1. The van der Waals surface area contributed by atoms with E-state index in [1.807, 2.05) is 20.0 Å². The van der Waals surface area contributed by atoms with E-state index in [1.165, 1.54) is 0 Å². The van der Waals surface area contributed by atoms with Crippen LogP contribution in [0.3, 0.4) is 0 Å². The van der Waals surface area contributed by atoms with E-state index < -0.39 is 8.32 Å². The Morgan fingerprint density at radius 2 is 1.78 bits per heavy atom. The van der Waals surface area contributed by atoms with Gasteiger partial charge in [-0.15, -0.1) is 12.0 Å². The summed E-state index contributed by atoms with van der Waals surface area (Å²) in [5.41, 5.74) is 14.2. The van der Waals surface area contributed by atoms with Crippen molar-refractivity contribution in [3.8, 4) is 59.7 Å². The van der Waals surface area contributed by atoms with Gasteiger partial charge in [0, 0.05) is 17.0 Å². The van der Waals surface area contributed by atoms with E-state index in [2.05, 4.69) is 89.6 Å². The van der Waals surface area contributed by atoms with E-state index in [-0.39, 0.29) is 9.99 Å². The molecule has 0 aliphatic carbocycles. The van der Waals surface area contributed by atoms with Crippen LogP contribution in [0.25, 0.3) is 10.4 Å². The largest absolute Gasteiger partial charge is 0.532 e. The lowest BCUT2D eigenvalue weighted by molar-refractivity contribution is 0.421. The van der Waals surface area contributed by atoms with Crippen molar-refractivity contribution in [1.29, 1.82) is 5.53 Å². The molecule has 0 radical (unpaired) electrons. The van der Waals surface area contributed by atoms with Gasteiger partial charge in [-0.3, -0.25) is 4.68 Å². The summed E-state index contributed by atoms with van der Waals surface area (Å²) < 4.78 is 15.7. The molecule has 1 aromatic rings. The highest BCUT2D eigenvalue weighted by atomic mass is 28.4. The maximum Gasteiger partial charge on any atom is 0.245 e. The highest BCUT2D eigenvalue weighted by Crippen LogP contribution is 2.09. The van der Waals surface area contributed by atoms with E-state index >= 15 is 0 Å². The van der Waals surface area contributed by atoms with E-state index in [4.69, 9.17) is 26.4 Å². The molecule has 178 valence electrons. The molecule has 1 aromatic heterocycles. The molecule has 10 heteroatoms. The maximum atomic E-state index is 8.28. The summed E-state index contributed by atoms with van der Waals surface area (Å²) in [4.78, 5) is 5.94. The van der Waals surface area contributed by atoms with Crippen LogP contribution in [0.5, 0.6) is 0 Å². The molecular weight excluding hydrogens is 436 g/mol. The normalized spacial score (nSPS) is 7.66. The Balaban J connectivity index is -0.0000000412. The number of rotatable bonds is 4. The Morgan fingerprint density at radius 1 is 1.31 bits per heavy atom. The zero-order valence-electron chi connectivity index (χ0n) is 19.2. The fourth-order valence-corrected chi connectivity index (χ4v) is 2.28. The smallest absolute Gasteiger partial charge is 0.245 e. The molecule has 0 saturated heterocycles. The monoisotopic (exact) mass is 476 g/mol. The number of nitrogens with one attached hydrogen (secondary N) is 1. The summed E-state index contributed by atoms with van der Waals surface area (Å²) >= 11 is 0. The zero-order valence-corrected chi connectivity index (χ0v) is 21.6. The Bertz CT molecular complexity index is 1110. The van der Waals surface area contributed by atoms with Gasteiger partial charge in [-0.2, -0.15) is 5.10 Å². The number of hydrogen-bond donors (Lipinski definition) is 1. The summed E-state index contributed by atoms with van der Waals surface area (Å²) in [7, 11) is 0.894. The van der Waals surface area contributed by atoms with Crippen LogP contribution >= 0.6 is 0 Å². The van der Waals surface area contributed by atoms with Crippen molar-refractivity contribution >= 4 is 24.7 Å². The summed E-state index contributed by atoms with van der Waals surface area (Å²) in [6.07, 6.45) is 6.57. The molecule has 0 aliphatic rings. The number of nitrogens with zero attached hydrogens (tertiary/aromatic N) is 5. The minimum atomic E-state index is -1.60. The van der Waals surface area contributed by atoms with E-state index in [9.17, 15) is 0 Å². The van der Waals surface area contributed by atoms with E-state index in [0.29, 0.717) is 16.0 Å². The molecule has 0 aliphatic heterocycles. The minimum absolute atomic E-state index is 0. The molecule has 0 bridgehead atoms.